The summed E-state index contributed by atoms with van der Waals surface area (Å²) in [5, 5.41) is 8.93. The lowest BCUT2D eigenvalue weighted by Gasteiger charge is -2.21. The molecule has 0 aliphatic heterocycles. The minimum absolute atomic E-state index is 0.138. The molecule has 1 aromatic carbocycles. The monoisotopic (exact) mass is 345 g/mol. The molecule has 0 aliphatic carbocycles. The second-order valence-corrected chi connectivity index (χ2v) is 7.75. The topological polar surface area (TPSA) is 83.2 Å². The van der Waals surface area contributed by atoms with Crippen LogP contribution in [0, 0.1) is 32.1 Å². The molecule has 0 radical (unpaired) electrons. The van der Waals surface area contributed by atoms with Crippen molar-refractivity contribution in [3.05, 3.63) is 52.3 Å². The predicted molar refractivity (Wildman–Crippen MR) is 90.1 cm³/mol. The third-order valence-electron chi connectivity index (χ3n) is 3.86. The molecular formula is C17H19N3O3S. The Bertz CT molecular complexity index is 942. The molecule has 0 spiro atoms. The van der Waals surface area contributed by atoms with Gasteiger partial charge in [-0.05, 0) is 38.0 Å². The summed E-state index contributed by atoms with van der Waals surface area (Å²) in [4.78, 5) is 12.8. The molecule has 0 aliphatic rings. The summed E-state index contributed by atoms with van der Waals surface area (Å²) < 4.78 is 28.0. The predicted octanol–water partition coefficient (Wildman–Crippen LogP) is 2.28. The molecule has 0 saturated carbocycles. The maximum atomic E-state index is 12.9. The molecule has 0 unspecified atom stereocenters. The molecule has 2 aromatic rings. The van der Waals surface area contributed by atoms with Crippen LogP contribution in [-0.4, -0.2) is 30.2 Å². The van der Waals surface area contributed by atoms with Crippen molar-refractivity contribution in [2.75, 3.05) is 7.05 Å². The van der Waals surface area contributed by atoms with Gasteiger partial charge >= 0.3 is 0 Å². The highest BCUT2D eigenvalue weighted by molar-refractivity contribution is 7.89. The molecule has 1 amide bonds. The van der Waals surface area contributed by atoms with E-state index in [4.69, 9.17) is 5.26 Å². The lowest BCUT2D eigenvalue weighted by molar-refractivity contribution is 0.0874. The Balaban J connectivity index is 2.52. The van der Waals surface area contributed by atoms with Gasteiger partial charge in [0.1, 0.15) is 11.8 Å². The molecule has 0 bridgehead atoms. The molecule has 0 N–H and O–H groups in total. The largest absolute Gasteiger partial charge is 0.345 e. The Labute approximate surface area is 142 Å². The van der Waals surface area contributed by atoms with E-state index in [2.05, 4.69) is 0 Å². The van der Waals surface area contributed by atoms with Gasteiger partial charge in [0.15, 0.2) is 0 Å². The Morgan fingerprint density at radius 3 is 2.17 bits per heavy atom. The summed E-state index contributed by atoms with van der Waals surface area (Å²) in [5.74, 6) is -0.682. The van der Waals surface area contributed by atoms with Crippen LogP contribution in [0.5, 0.6) is 0 Å². The van der Waals surface area contributed by atoms with Crippen LogP contribution in [0.4, 0.5) is 0 Å². The van der Waals surface area contributed by atoms with Crippen LogP contribution >= 0.6 is 0 Å². The molecule has 0 fully saturated rings. The molecule has 24 heavy (non-hydrogen) atoms. The highest BCUT2D eigenvalue weighted by Gasteiger charge is 2.30. The van der Waals surface area contributed by atoms with Crippen molar-refractivity contribution in [1.29, 1.82) is 5.26 Å². The summed E-state index contributed by atoms with van der Waals surface area (Å²) in [6.07, 6.45) is 1.48. The van der Waals surface area contributed by atoms with E-state index in [-0.39, 0.29) is 10.6 Å². The average molecular weight is 345 g/mol. The Kier molecular flexibility index (Phi) is 4.54. The van der Waals surface area contributed by atoms with Crippen LogP contribution in [0.3, 0.4) is 0 Å². The molecule has 0 atom stereocenters. The van der Waals surface area contributed by atoms with Crippen molar-refractivity contribution < 1.29 is 13.2 Å². The van der Waals surface area contributed by atoms with Crippen molar-refractivity contribution in [2.45, 2.75) is 25.7 Å². The number of nitrogens with zero attached hydrogens (tertiary/aromatic N) is 3. The fourth-order valence-corrected chi connectivity index (χ4v) is 4.34. The lowest BCUT2D eigenvalue weighted by atomic mass is 10.1. The number of nitriles is 1. The van der Waals surface area contributed by atoms with Gasteiger partial charge in [0, 0.05) is 20.3 Å². The highest BCUT2D eigenvalue weighted by atomic mass is 32.2. The lowest BCUT2D eigenvalue weighted by Crippen LogP contribution is -2.35. The van der Waals surface area contributed by atoms with Crippen LogP contribution in [0.25, 0.3) is 0 Å². The number of carbonyl (C=O) groups is 1. The second kappa shape index (κ2) is 6.13. The van der Waals surface area contributed by atoms with E-state index < -0.39 is 15.9 Å². The van der Waals surface area contributed by atoms with Gasteiger partial charge in [-0.15, -0.1) is 0 Å². The van der Waals surface area contributed by atoms with E-state index in [0.29, 0.717) is 16.7 Å². The number of aromatic nitrogens is 1. The first kappa shape index (κ1) is 17.8. The number of hydrogen-bond acceptors (Lipinski definition) is 4. The number of sulfonamides is 1. The van der Waals surface area contributed by atoms with Crippen molar-refractivity contribution in [1.82, 2.24) is 8.87 Å². The third kappa shape index (κ3) is 2.93. The van der Waals surface area contributed by atoms with E-state index in [0.717, 1.165) is 9.87 Å². The number of hydrogen-bond donors (Lipinski definition) is 0. The number of benzene rings is 1. The first-order valence-electron chi connectivity index (χ1n) is 7.27. The Hall–Kier alpha value is -2.59. The quantitative estimate of drug-likeness (QED) is 0.854. The van der Waals surface area contributed by atoms with Gasteiger partial charge in [0.05, 0.1) is 10.5 Å². The number of aryl methyl sites for hydroxylation is 4. The van der Waals surface area contributed by atoms with Crippen LogP contribution in [0.2, 0.25) is 0 Å². The van der Waals surface area contributed by atoms with Crippen molar-refractivity contribution >= 4 is 15.9 Å². The molecule has 1 heterocycles. The second-order valence-electron chi connectivity index (χ2n) is 5.84. The van der Waals surface area contributed by atoms with Crippen molar-refractivity contribution in [3.63, 3.8) is 0 Å². The first-order valence-corrected chi connectivity index (χ1v) is 8.71. The number of amides is 1. The molecule has 1 aromatic heterocycles. The van der Waals surface area contributed by atoms with E-state index in [1.165, 1.54) is 23.9 Å². The minimum Gasteiger partial charge on any atom is -0.345 e. The number of rotatable bonds is 3. The minimum atomic E-state index is -3.99. The van der Waals surface area contributed by atoms with Crippen molar-refractivity contribution in [2.24, 2.45) is 7.05 Å². The SMILES string of the molecule is Cc1cc(C)c(S(=O)(=O)N(C)C(=O)c2cc(C#N)cn2C)c(C)c1. The third-order valence-corrected chi connectivity index (χ3v) is 5.91. The zero-order valence-electron chi connectivity index (χ0n) is 14.3. The normalized spacial score (nSPS) is 11.2. The maximum Gasteiger partial charge on any atom is 0.283 e. The van der Waals surface area contributed by atoms with E-state index >= 15 is 0 Å². The Morgan fingerprint density at radius 2 is 1.71 bits per heavy atom. The van der Waals surface area contributed by atoms with Gasteiger partial charge in [0.2, 0.25) is 0 Å². The smallest absolute Gasteiger partial charge is 0.283 e. The van der Waals surface area contributed by atoms with E-state index in [1.807, 2.05) is 13.0 Å². The highest BCUT2D eigenvalue weighted by Crippen LogP contribution is 2.25. The van der Waals surface area contributed by atoms with Crippen LogP contribution < -0.4 is 0 Å². The summed E-state index contributed by atoms with van der Waals surface area (Å²) in [6.45, 7) is 5.31. The van der Waals surface area contributed by atoms with Crippen LogP contribution in [0.1, 0.15) is 32.7 Å². The van der Waals surface area contributed by atoms with Gasteiger partial charge in [-0.25, -0.2) is 12.7 Å². The zero-order valence-corrected chi connectivity index (χ0v) is 15.1. The van der Waals surface area contributed by atoms with E-state index in [1.54, 1.807) is 33.0 Å². The van der Waals surface area contributed by atoms with Gasteiger partial charge < -0.3 is 4.57 Å². The van der Waals surface area contributed by atoms with Gasteiger partial charge in [-0.3, -0.25) is 4.79 Å². The fraction of sp³-hybridized carbons (Fsp3) is 0.294. The Morgan fingerprint density at radius 1 is 1.17 bits per heavy atom. The summed E-state index contributed by atoms with van der Waals surface area (Å²) >= 11 is 0. The molecular weight excluding hydrogens is 326 g/mol. The summed E-state index contributed by atoms with van der Waals surface area (Å²) in [7, 11) is -1.17. The summed E-state index contributed by atoms with van der Waals surface area (Å²) in [6, 6.07) is 6.86. The molecule has 6 nitrogen and oxygen atoms in total. The van der Waals surface area contributed by atoms with Crippen LogP contribution in [-0.2, 0) is 17.1 Å². The molecule has 2 rings (SSSR count). The van der Waals surface area contributed by atoms with Crippen molar-refractivity contribution in [3.8, 4) is 6.07 Å². The molecule has 0 saturated heterocycles. The van der Waals surface area contributed by atoms with Crippen LogP contribution in [0.15, 0.2) is 29.3 Å². The zero-order chi connectivity index (χ0) is 18.2. The molecule has 126 valence electrons. The fourth-order valence-electron chi connectivity index (χ4n) is 2.82. The summed E-state index contributed by atoms with van der Waals surface area (Å²) in [5.41, 5.74) is 2.59. The average Bonchev–Trinajstić information content (AvgIpc) is 2.85. The maximum absolute atomic E-state index is 12.9. The number of carbonyl (C=O) groups excluding carboxylic acids is 1. The van der Waals surface area contributed by atoms with Gasteiger partial charge in [-0.2, -0.15) is 5.26 Å². The van der Waals surface area contributed by atoms with Gasteiger partial charge in [-0.1, -0.05) is 17.7 Å². The first-order chi connectivity index (χ1) is 11.1. The standard InChI is InChI=1S/C17H19N3O3S/c1-11-6-12(2)16(13(3)7-11)24(22,23)20(5)17(21)15-8-14(9-18)10-19(15)4/h6-8,10H,1-5H3. The molecule has 7 heteroatoms. The van der Waals surface area contributed by atoms with Gasteiger partial charge in [0.25, 0.3) is 15.9 Å². The van der Waals surface area contributed by atoms with E-state index in [9.17, 15) is 13.2 Å².